The first kappa shape index (κ1) is 22.7. The van der Waals surface area contributed by atoms with Gasteiger partial charge < -0.3 is 0 Å². The maximum atomic E-state index is 13.8. The maximum Gasteiger partial charge on any atom is 0.170 e. The Balaban J connectivity index is 1.88. The van der Waals surface area contributed by atoms with E-state index in [1.165, 1.54) is 12.1 Å². The van der Waals surface area contributed by atoms with Crippen LogP contribution in [0.15, 0.2) is 76.1 Å². The number of nitriles is 1. The second-order valence-electron chi connectivity index (χ2n) is 8.75. The molecule has 1 atom stereocenters. The van der Waals surface area contributed by atoms with E-state index in [1.54, 1.807) is 48.9 Å². The second kappa shape index (κ2) is 8.60. The average molecular weight is 484 g/mol. The zero-order chi connectivity index (χ0) is 24.7. The summed E-state index contributed by atoms with van der Waals surface area (Å²) in [5.74, 6) is 0.0514. The number of H-pyrrole nitrogens is 1. The van der Waals surface area contributed by atoms with E-state index in [-0.39, 0.29) is 11.7 Å². The fraction of sp³-hybridized carbons (Fsp3) is 0.148. The van der Waals surface area contributed by atoms with Gasteiger partial charge in [0.05, 0.1) is 38.8 Å². The molecule has 1 N–H and O–H groups in total. The lowest BCUT2D eigenvalue weighted by atomic mass is 9.92. The van der Waals surface area contributed by atoms with Crippen LogP contribution in [-0.4, -0.2) is 25.6 Å². The molecule has 0 aliphatic rings. The number of pyridine rings is 1. The van der Waals surface area contributed by atoms with E-state index in [4.69, 9.17) is 4.98 Å². The molecule has 2 heterocycles. The Morgan fingerprint density at radius 2 is 1.86 bits per heavy atom. The molecular formula is C27H22FN5OS. The molecule has 2 aromatic heterocycles. The number of benzene rings is 3. The molecule has 0 fully saturated rings. The number of nitrogens with one attached hydrogen (secondary N) is 1. The summed E-state index contributed by atoms with van der Waals surface area (Å²) in [6.45, 7) is 4.06. The number of hydrogen-bond donors (Lipinski definition) is 1. The molecule has 0 aliphatic heterocycles. The Kier molecular flexibility index (Phi) is 5.58. The van der Waals surface area contributed by atoms with Crippen LogP contribution in [0.5, 0.6) is 0 Å². The molecule has 0 bridgehead atoms. The summed E-state index contributed by atoms with van der Waals surface area (Å²) in [6, 6.07) is 19.0. The highest BCUT2D eigenvalue weighted by molar-refractivity contribution is 7.93. The smallest absolute Gasteiger partial charge is 0.170 e. The molecule has 0 spiro atoms. The lowest BCUT2D eigenvalue weighted by Crippen LogP contribution is -2.02. The molecule has 1 unspecified atom stereocenters. The van der Waals surface area contributed by atoms with Crippen LogP contribution in [0.4, 0.5) is 10.2 Å². The van der Waals surface area contributed by atoms with Crippen molar-refractivity contribution in [3.8, 4) is 17.2 Å². The van der Waals surface area contributed by atoms with Gasteiger partial charge in [-0.2, -0.15) is 14.7 Å². The van der Waals surface area contributed by atoms with Crippen molar-refractivity contribution in [3.05, 3.63) is 83.9 Å². The molecule has 3 aromatic carbocycles. The van der Waals surface area contributed by atoms with Gasteiger partial charge in [-0.15, -0.1) is 0 Å². The van der Waals surface area contributed by atoms with Crippen molar-refractivity contribution >= 4 is 37.2 Å². The fourth-order valence-electron chi connectivity index (χ4n) is 4.18. The van der Waals surface area contributed by atoms with Crippen LogP contribution in [0.25, 0.3) is 32.8 Å². The third kappa shape index (κ3) is 4.15. The van der Waals surface area contributed by atoms with Gasteiger partial charge >= 0.3 is 0 Å². The third-order valence-corrected chi connectivity index (χ3v) is 7.56. The molecule has 0 radical (unpaired) electrons. The average Bonchev–Trinajstić information content (AvgIpc) is 3.31. The molecule has 0 saturated carbocycles. The second-order valence-corrected chi connectivity index (χ2v) is 11.0. The summed E-state index contributed by atoms with van der Waals surface area (Å²) in [5, 5.41) is 18.9. The van der Waals surface area contributed by atoms with Gasteiger partial charge in [-0.1, -0.05) is 32.0 Å². The molecule has 6 nitrogen and oxygen atoms in total. The van der Waals surface area contributed by atoms with Crippen molar-refractivity contribution in [2.75, 3.05) is 6.26 Å². The van der Waals surface area contributed by atoms with Crippen LogP contribution < -0.4 is 0 Å². The van der Waals surface area contributed by atoms with E-state index in [2.05, 4.69) is 20.6 Å². The predicted molar refractivity (Wildman–Crippen MR) is 136 cm³/mol. The topological polar surface area (TPSA) is 94.8 Å². The molecule has 0 aliphatic carbocycles. The highest BCUT2D eigenvalue weighted by Gasteiger charge is 2.20. The van der Waals surface area contributed by atoms with Crippen LogP contribution in [-0.2, 0) is 9.73 Å². The Labute approximate surface area is 202 Å². The van der Waals surface area contributed by atoms with Gasteiger partial charge in [0.25, 0.3) is 0 Å². The molecule has 174 valence electrons. The van der Waals surface area contributed by atoms with Crippen LogP contribution in [0.1, 0.15) is 31.0 Å². The van der Waals surface area contributed by atoms with Crippen LogP contribution in [0, 0.1) is 17.1 Å². The van der Waals surface area contributed by atoms with Crippen LogP contribution in [0.3, 0.4) is 0 Å². The molecule has 8 heteroatoms. The first-order valence-corrected chi connectivity index (χ1v) is 13.0. The Hall–Kier alpha value is -4.09. The van der Waals surface area contributed by atoms with Gasteiger partial charge in [-0.25, -0.2) is 13.6 Å². The summed E-state index contributed by atoms with van der Waals surface area (Å²) < 4.78 is 32.2. The monoisotopic (exact) mass is 483 g/mol. The van der Waals surface area contributed by atoms with Gasteiger partial charge in [0.1, 0.15) is 5.82 Å². The van der Waals surface area contributed by atoms with Crippen molar-refractivity contribution in [1.29, 1.82) is 5.26 Å². The first-order valence-electron chi connectivity index (χ1n) is 11.1. The number of halogens is 1. The molecule has 35 heavy (non-hydrogen) atoms. The SMILES string of the molecule is CC(C)c1nc(N=S(C)(=O)c2cccc(C#N)c2)c2cc3[nH]ncc3cc2c1-c1ccc(F)cc1. The van der Waals surface area contributed by atoms with E-state index < -0.39 is 9.73 Å². The molecule has 5 aromatic rings. The fourth-order valence-corrected chi connectivity index (χ4v) is 5.43. The summed E-state index contributed by atoms with van der Waals surface area (Å²) in [5.41, 5.74) is 3.70. The van der Waals surface area contributed by atoms with Gasteiger partial charge in [0.15, 0.2) is 5.82 Å². The van der Waals surface area contributed by atoms with E-state index in [9.17, 15) is 13.9 Å². The van der Waals surface area contributed by atoms with Crippen molar-refractivity contribution in [1.82, 2.24) is 15.2 Å². The third-order valence-electron chi connectivity index (χ3n) is 5.91. The minimum Gasteiger partial charge on any atom is -0.278 e. The summed E-state index contributed by atoms with van der Waals surface area (Å²) in [6.07, 6.45) is 3.29. The zero-order valence-electron chi connectivity index (χ0n) is 19.4. The zero-order valence-corrected chi connectivity index (χ0v) is 20.2. The maximum absolute atomic E-state index is 13.8. The van der Waals surface area contributed by atoms with Gasteiger partial charge in [0.2, 0.25) is 0 Å². The van der Waals surface area contributed by atoms with E-state index in [1.807, 2.05) is 26.0 Å². The van der Waals surface area contributed by atoms with Crippen LogP contribution in [0.2, 0.25) is 0 Å². The van der Waals surface area contributed by atoms with Gasteiger partial charge in [0, 0.05) is 27.5 Å². The molecular weight excluding hydrogens is 461 g/mol. The number of aromatic nitrogens is 3. The van der Waals surface area contributed by atoms with Gasteiger partial charge in [-0.05, 0) is 59.3 Å². The minimum atomic E-state index is -2.92. The number of hydrogen-bond acceptors (Lipinski definition) is 5. The summed E-state index contributed by atoms with van der Waals surface area (Å²) in [4.78, 5) is 5.37. The lowest BCUT2D eigenvalue weighted by molar-refractivity contribution is 0.628. The van der Waals surface area contributed by atoms with Crippen molar-refractivity contribution in [2.45, 2.75) is 24.7 Å². The number of fused-ring (bicyclic) bond motifs is 2. The summed E-state index contributed by atoms with van der Waals surface area (Å²) >= 11 is 0. The highest BCUT2D eigenvalue weighted by Crippen LogP contribution is 2.41. The minimum absolute atomic E-state index is 0.0169. The largest absolute Gasteiger partial charge is 0.278 e. The standard InChI is InChI=1S/C27H22FN5OS/c1-16(2)26-25(18-7-9-20(28)10-8-18)22-12-19-15-30-32-24(19)13-23(22)27(31-26)33-35(3,34)21-6-4-5-17(11-21)14-29/h4-13,15-16H,1-3H3,(H,30,32). The van der Waals surface area contributed by atoms with Crippen molar-refractivity contribution in [2.24, 2.45) is 4.36 Å². The van der Waals surface area contributed by atoms with Crippen LogP contribution >= 0.6 is 0 Å². The summed E-state index contributed by atoms with van der Waals surface area (Å²) in [7, 11) is -2.92. The Morgan fingerprint density at radius 1 is 1.09 bits per heavy atom. The number of rotatable bonds is 4. The van der Waals surface area contributed by atoms with E-state index >= 15 is 0 Å². The van der Waals surface area contributed by atoms with Crippen molar-refractivity contribution < 1.29 is 8.60 Å². The molecule has 0 saturated heterocycles. The van der Waals surface area contributed by atoms with Gasteiger partial charge in [-0.3, -0.25) is 5.10 Å². The van der Waals surface area contributed by atoms with Crippen molar-refractivity contribution in [3.63, 3.8) is 0 Å². The van der Waals surface area contributed by atoms with E-state index in [0.29, 0.717) is 21.7 Å². The highest BCUT2D eigenvalue weighted by atomic mass is 32.2. The molecule has 5 rings (SSSR count). The Bertz CT molecular complexity index is 1760. The first-order chi connectivity index (χ1) is 16.8. The quantitative estimate of drug-likeness (QED) is 0.308. The molecule has 0 amide bonds. The number of aromatic amines is 1. The van der Waals surface area contributed by atoms with E-state index in [0.717, 1.165) is 33.1 Å². The number of nitrogens with zero attached hydrogens (tertiary/aromatic N) is 4. The Morgan fingerprint density at radius 3 is 2.57 bits per heavy atom. The normalized spacial score (nSPS) is 13.1. The lowest BCUT2D eigenvalue weighted by Gasteiger charge is -2.18. The predicted octanol–water partition coefficient (Wildman–Crippen LogP) is 6.70.